The molecule has 3 rings (SSSR count). The van der Waals surface area contributed by atoms with E-state index in [-0.39, 0.29) is 5.82 Å². The van der Waals surface area contributed by atoms with Gasteiger partial charge in [-0.05, 0) is 48.6 Å². The van der Waals surface area contributed by atoms with Crippen LogP contribution in [0.2, 0.25) is 0 Å². The average molecular weight is 253 g/mol. The summed E-state index contributed by atoms with van der Waals surface area (Å²) in [5.74, 6) is -0.175. The third-order valence-electron chi connectivity index (χ3n) is 3.61. The maximum Gasteiger partial charge on any atom is 0.123 e. The Morgan fingerprint density at radius 2 is 1.79 bits per heavy atom. The number of halogens is 1. The van der Waals surface area contributed by atoms with Gasteiger partial charge in [-0.15, -0.1) is 0 Å². The van der Waals surface area contributed by atoms with Crippen LogP contribution in [0.15, 0.2) is 48.7 Å². The first-order valence-electron chi connectivity index (χ1n) is 6.54. The minimum absolute atomic E-state index is 0.175. The zero-order valence-corrected chi connectivity index (χ0v) is 10.9. The van der Waals surface area contributed by atoms with Crippen molar-refractivity contribution in [3.8, 4) is 0 Å². The Balaban J connectivity index is 1.82. The van der Waals surface area contributed by atoms with Gasteiger partial charge in [-0.1, -0.05) is 30.3 Å². The predicted molar refractivity (Wildman–Crippen MR) is 76.8 cm³/mol. The molecule has 0 saturated heterocycles. The summed E-state index contributed by atoms with van der Waals surface area (Å²) >= 11 is 0. The molecule has 1 aromatic heterocycles. The molecule has 0 fully saturated rings. The molecule has 96 valence electrons. The van der Waals surface area contributed by atoms with Gasteiger partial charge in [-0.25, -0.2) is 4.39 Å². The molecular formula is C17H16FN. The Morgan fingerprint density at radius 1 is 1.00 bits per heavy atom. The lowest BCUT2D eigenvalue weighted by Crippen LogP contribution is -1.90. The summed E-state index contributed by atoms with van der Waals surface area (Å²) in [4.78, 5) is 3.34. The predicted octanol–water partition coefficient (Wildman–Crippen LogP) is 4.40. The smallest absolute Gasteiger partial charge is 0.123 e. The first-order valence-corrected chi connectivity index (χ1v) is 6.54. The van der Waals surface area contributed by atoms with E-state index in [1.807, 2.05) is 12.1 Å². The van der Waals surface area contributed by atoms with E-state index in [1.165, 1.54) is 39.7 Å². The van der Waals surface area contributed by atoms with Crippen molar-refractivity contribution in [3.05, 3.63) is 71.2 Å². The summed E-state index contributed by atoms with van der Waals surface area (Å²) in [5.41, 5.74) is 4.98. The first-order chi connectivity index (χ1) is 9.24. The van der Waals surface area contributed by atoms with Crippen molar-refractivity contribution in [2.45, 2.75) is 19.8 Å². The Bertz CT molecular complexity index is 695. The summed E-state index contributed by atoms with van der Waals surface area (Å²) in [6.07, 6.45) is 3.98. The van der Waals surface area contributed by atoms with E-state index < -0.39 is 0 Å². The lowest BCUT2D eigenvalue weighted by Gasteiger charge is -2.02. The van der Waals surface area contributed by atoms with Crippen molar-refractivity contribution < 1.29 is 4.39 Å². The Kier molecular flexibility index (Phi) is 3.08. The monoisotopic (exact) mass is 253 g/mol. The zero-order chi connectivity index (χ0) is 13.2. The van der Waals surface area contributed by atoms with Crippen LogP contribution in [-0.4, -0.2) is 4.98 Å². The van der Waals surface area contributed by atoms with E-state index in [0.29, 0.717) is 0 Å². The molecule has 0 amide bonds. The van der Waals surface area contributed by atoms with Crippen LogP contribution in [0.25, 0.3) is 10.9 Å². The van der Waals surface area contributed by atoms with Crippen LogP contribution < -0.4 is 0 Å². The fourth-order valence-corrected chi connectivity index (χ4v) is 2.50. The highest BCUT2D eigenvalue weighted by molar-refractivity contribution is 5.85. The Hall–Kier alpha value is -2.09. The van der Waals surface area contributed by atoms with Gasteiger partial charge in [-0.3, -0.25) is 0 Å². The number of nitrogens with one attached hydrogen (secondary N) is 1. The van der Waals surface area contributed by atoms with Gasteiger partial charge in [0.2, 0.25) is 0 Å². The largest absolute Gasteiger partial charge is 0.361 e. The van der Waals surface area contributed by atoms with E-state index in [2.05, 4.69) is 36.3 Å². The summed E-state index contributed by atoms with van der Waals surface area (Å²) in [6.45, 7) is 2.11. The fraction of sp³-hybridized carbons (Fsp3) is 0.176. The van der Waals surface area contributed by atoms with Crippen LogP contribution in [0.5, 0.6) is 0 Å². The molecule has 1 nitrogen and oxygen atoms in total. The molecule has 1 heterocycles. The summed E-state index contributed by atoms with van der Waals surface area (Å²) in [5, 5.41) is 1.29. The van der Waals surface area contributed by atoms with Crippen LogP contribution >= 0.6 is 0 Å². The van der Waals surface area contributed by atoms with E-state index >= 15 is 0 Å². The quantitative estimate of drug-likeness (QED) is 0.712. The lowest BCUT2D eigenvalue weighted by atomic mass is 10.0. The number of H-pyrrole nitrogens is 1. The minimum atomic E-state index is -0.175. The SMILES string of the molecule is Cc1cccc2c(CCc3ccc(F)cc3)c[nH]c12. The second-order valence-electron chi connectivity index (χ2n) is 4.94. The van der Waals surface area contributed by atoms with Gasteiger partial charge in [0.1, 0.15) is 5.82 Å². The number of aryl methyl sites for hydroxylation is 3. The van der Waals surface area contributed by atoms with Gasteiger partial charge < -0.3 is 4.98 Å². The van der Waals surface area contributed by atoms with E-state index in [4.69, 9.17) is 0 Å². The van der Waals surface area contributed by atoms with Crippen LogP contribution in [0.3, 0.4) is 0 Å². The summed E-state index contributed by atoms with van der Waals surface area (Å²) in [7, 11) is 0. The number of rotatable bonds is 3. The molecule has 0 aliphatic heterocycles. The zero-order valence-electron chi connectivity index (χ0n) is 10.9. The van der Waals surface area contributed by atoms with Crippen molar-refractivity contribution in [3.63, 3.8) is 0 Å². The number of aromatic amines is 1. The topological polar surface area (TPSA) is 15.8 Å². The number of aromatic nitrogens is 1. The van der Waals surface area contributed by atoms with Crippen molar-refractivity contribution in [1.82, 2.24) is 4.98 Å². The minimum Gasteiger partial charge on any atom is -0.361 e. The van der Waals surface area contributed by atoms with Crippen molar-refractivity contribution in [1.29, 1.82) is 0 Å². The normalized spacial score (nSPS) is 11.1. The van der Waals surface area contributed by atoms with Crippen LogP contribution in [0, 0.1) is 12.7 Å². The molecule has 0 unspecified atom stereocenters. The third-order valence-corrected chi connectivity index (χ3v) is 3.61. The highest BCUT2D eigenvalue weighted by Crippen LogP contribution is 2.22. The molecular weight excluding hydrogens is 237 g/mol. The van der Waals surface area contributed by atoms with Gasteiger partial charge in [0, 0.05) is 17.1 Å². The first kappa shape index (κ1) is 12.0. The Morgan fingerprint density at radius 3 is 2.58 bits per heavy atom. The highest BCUT2D eigenvalue weighted by atomic mass is 19.1. The third kappa shape index (κ3) is 2.39. The molecule has 2 aromatic carbocycles. The number of benzene rings is 2. The van der Waals surface area contributed by atoms with Gasteiger partial charge in [0.25, 0.3) is 0 Å². The van der Waals surface area contributed by atoms with Crippen LogP contribution in [-0.2, 0) is 12.8 Å². The molecule has 2 heteroatoms. The number of hydrogen-bond acceptors (Lipinski definition) is 0. The summed E-state index contributed by atoms with van der Waals surface area (Å²) < 4.78 is 12.8. The van der Waals surface area contributed by atoms with E-state index in [0.717, 1.165) is 12.8 Å². The average Bonchev–Trinajstić information content (AvgIpc) is 2.83. The van der Waals surface area contributed by atoms with Gasteiger partial charge >= 0.3 is 0 Å². The second-order valence-corrected chi connectivity index (χ2v) is 4.94. The van der Waals surface area contributed by atoms with Crippen LogP contribution in [0.4, 0.5) is 4.39 Å². The van der Waals surface area contributed by atoms with Gasteiger partial charge in [0.05, 0.1) is 0 Å². The molecule has 0 spiro atoms. The van der Waals surface area contributed by atoms with Crippen molar-refractivity contribution in [2.24, 2.45) is 0 Å². The molecule has 1 N–H and O–H groups in total. The molecule has 0 aliphatic carbocycles. The number of fused-ring (bicyclic) bond motifs is 1. The molecule has 19 heavy (non-hydrogen) atoms. The summed E-state index contributed by atoms with van der Waals surface area (Å²) in [6, 6.07) is 13.1. The van der Waals surface area contributed by atoms with Gasteiger partial charge in [0.15, 0.2) is 0 Å². The maximum atomic E-state index is 12.8. The van der Waals surface area contributed by atoms with E-state index in [9.17, 15) is 4.39 Å². The standard InChI is InChI=1S/C17H16FN/c1-12-3-2-4-16-14(11-19-17(12)16)8-5-13-6-9-15(18)10-7-13/h2-4,6-7,9-11,19H,5,8H2,1H3. The van der Waals surface area contributed by atoms with Crippen LogP contribution in [0.1, 0.15) is 16.7 Å². The number of para-hydroxylation sites is 1. The van der Waals surface area contributed by atoms with Crippen molar-refractivity contribution >= 4 is 10.9 Å². The molecule has 0 saturated carbocycles. The lowest BCUT2D eigenvalue weighted by molar-refractivity contribution is 0.627. The molecule has 0 atom stereocenters. The number of hydrogen-bond donors (Lipinski definition) is 1. The van der Waals surface area contributed by atoms with Gasteiger partial charge in [-0.2, -0.15) is 0 Å². The molecule has 3 aromatic rings. The van der Waals surface area contributed by atoms with E-state index in [1.54, 1.807) is 0 Å². The fourth-order valence-electron chi connectivity index (χ4n) is 2.50. The van der Waals surface area contributed by atoms with Crippen molar-refractivity contribution in [2.75, 3.05) is 0 Å². The molecule has 0 aliphatic rings. The molecule has 0 bridgehead atoms. The molecule has 0 radical (unpaired) electrons. The Labute approximate surface area is 112 Å². The maximum absolute atomic E-state index is 12.8. The second kappa shape index (κ2) is 4.88. The highest BCUT2D eigenvalue weighted by Gasteiger charge is 2.05.